The van der Waals surface area contributed by atoms with Crippen LogP contribution in [-0.4, -0.2) is 16.6 Å². The van der Waals surface area contributed by atoms with Crippen molar-refractivity contribution >= 4 is 48.9 Å². The number of hydrogen-bond acceptors (Lipinski definition) is 6. The molecule has 0 atom stereocenters. The number of oxime groups is 1. The summed E-state index contributed by atoms with van der Waals surface area (Å²) in [6.45, 7) is 3.02. The zero-order valence-electron chi connectivity index (χ0n) is 12.4. The summed E-state index contributed by atoms with van der Waals surface area (Å²) in [5.41, 5.74) is 1.42. The molecule has 116 valence electrons. The highest BCUT2D eigenvalue weighted by Crippen LogP contribution is 2.36. The average Bonchev–Trinajstić information content (AvgIpc) is 2.89. The molecule has 3 aromatic rings. The quantitative estimate of drug-likeness (QED) is 0.311. The highest BCUT2D eigenvalue weighted by Gasteiger charge is 2.12. The summed E-state index contributed by atoms with van der Waals surface area (Å²) in [7, 11) is 0. The minimum atomic E-state index is -0.484. The van der Waals surface area contributed by atoms with Crippen molar-refractivity contribution in [3.05, 3.63) is 52.1 Å². The molecule has 0 saturated heterocycles. The Morgan fingerprint density at radius 2 is 1.78 bits per heavy atom. The number of thiophene rings is 1. The van der Waals surface area contributed by atoms with E-state index in [1.807, 2.05) is 18.2 Å². The van der Waals surface area contributed by atoms with E-state index in [2.05, 4.69) is 9.99 Å². The van der Waals surface area contributed by atoms with Gasteiger partial charge in [0.1, 0.15) is 0 Å². The van der Waals surface area contributed by atoms with Gasteiger partial charge in [-0.05, 0) is 30.7 Å². The SMILES string of the molecule is CC(=O)O/N=C(\C)c1ccc2sc3ccc([N+](=O)[O-])cc3c2c1. The van der Waals surface area contributed by atoms with Crippen molar-refractivity contribution in [2.24, 2.45) is 5.16 Å². The van der Waals surface area contributed by atoms with Gasteiger partial charge < -0.3 is 4.84 Å². The Morgan fingerprint density at radius 1 is 1.13 bits per heavy atom. The van der Waals surface area contributed by atoms with Gasteiger partial charge in [-0.1, -0.05) is 11.2 Å². The first-order chi connectivity index (χ1) is 11.0. The Morgan fingerprint density at radius 3 is 2.43 bits per heavy atom. The van der Waals surface area contributed by atoms with Crippen molar-refractivity contribution in [1.29, 1.82) is 0 Å². The number of carbonyl (C=O) groups excluding carboxylic acids is 1. The highest BCUT2D eigenvalue weighted by molar-refractivity contribution is 7.25. The number of nitro groups is 1. The van der Waals surface area contributed by atoms with Crippen LogP contribution in [0.4, 0.5) is 5.69 Å². The van der Waals surface area contributed by atoms with E-state index >= 15 is 0 Å². The molecule has 0 fully saturated rings. The number of rotatable bonds is 3. The van der Waals surface area contributed by atoms with E-state index in [-0.39, 0.29) is 5.69 Å². The number of non-ortho nitro benzene ring substituents is 1. The van der Waals surface area contributed by atoms with Crippen LogP contribution >= 0.6 is 11.3 Å². The molecular weight excluding hydrogens is 316 g/mol. The molecule has 0 aliphatic carbocycles. The van der Waals surface area contributed by atoms with Crippen molar-refractivity contribution in [3.8, 4) is 0 Å². The lowest BCUT2D eigenvalue weighted by atomic mass is 10.1. The highest BCUT2D eigenvalue weighted by atomic mass is 32.1. The second kappa shape index (κ2) is 5.77. The van der Waals surface area contributed by atoms with Crippen molar-refractivity contribution in [2.75, 3.05) is 0 Å². The van der Waals surface area contributed by atoms with Crippen LogP contribution in [0.2, 0.25) is 0 Å². The maximum absolute atomic E-state index is 11.0. The third-order valence-corrected chi connectivity index (χ3v) is 4.54. The van der Waals surface area contributed by atoms with Gasteiger partial charge in [0.15, 0.2) is 0 Å². The van der Waals surface area contributed by atoms with Crippen molar-refractivity contribution < 1.29 is 14.6 Å². The van der Waals surface area contributed by atoms with E-state index < -0.39 is 10.9 Å². The topological polar surface area (TPSA) is 81.8 Å². The van der Waals surface area contributed by atoms with Gasteiger partial charge in [-0.25, -0.2) is 4.79 Å². The maximum atomic E-state index is 11.0. The molecule has 1 heterocycles. The second-order valence-electron chi connectivity index (χ2n) is 5.01. The average molecular weight is 328 g/mol. The largest absolute Gasteiger partial charge is 0.331 e. The minimum Gasteiger partial charge on any atom is -0.318 e. The molecule has 3 rings (SSSR count). The molecule has 0 N–H and O–H groups in total. The molecule has 0 spiro atoms. The van der Waals surface area contributed by atoms with Crippen LogP contribution in [0.15, 0.2) is 41.6 Å². The fraction of sp³-hybridized carbons (Fsp3) is 0.125. The Labute approximate surface area is 135 Å². The predicted molar refractivity (Wildman–Crippen MR) is 90.0 cm³/mol. The van der Waals surface area contributed by atoms with E-state index in [1.54, 1.807) is 30.4 Å². The molecule has 0 radical (unpaired) electrons. The van der Waals surface area contributed by atoms with E-state index in [9.17, 15) is 14.9 Å². The Balaban J connectivity index is 2.15. The number of carbonyl (C=O) groups is 1. The van der Waals surface area contributed by atoms with Crippen molar-refractivity contribution in [3.63, 3.8) is 0 Å². The lowest BCUT2D eigenvalue weighted by Gasteiger charge is -2.01. The third-order valence-electron chi connectivity index (χ3n) is 3.39. The summed E-state index contributed by atoms with van der Waals surface area (Å²) in [6.07, 6.45) is 0. The molecule has 2 aromatic carbocycles. The molecule has 7 heteroatoms. The number of benzene rings is 2. The number of fused-ring (bicyclic) bond motifs is 3. The van der Waals surface area contributed by atoms with E-state index in [0.717, 1.165) is 25.7 Å². The fourth-order valence-corrected chi connectivity index (χ4v) is 3.36. The third kappa shape index (κ3) is 2.91. The molecule has 1 aromatic heterocycles. The number of nitrogens with zero attached hydrogens (tertiary/aromatic N) is 2. The fourth-order valence-electron chi connectivity index (χ4n) is 2.29. The van der Waals surface area contributed by atoms with E-state index in [4.69, 9.17) is 0 Å². The normalized spacial score (nSPS) is 11.8. The first-order valence-corrected chi connectivity index (χ1v) is 7.60. The summed E-state index contributed by atoms with van der Waals surface area (Å²) in [4.78, 5) is 26.1. The standard InChI is InChI=1S/C16H12N2O4S/c1-9(17-22-10(2)19)11-3-5-15-13(7-11)14-8-12(18(20)21)4-6-16(14)23-15/h3-8H,1-2H3/b17-9+. The first-order valence-electron chi connectivity index (χ1n) is 6.79. The van der Waals surface area contributed by atoms with Crippen LogP contribution < -0.4 is 0 Å². The molecule has 23 heavy (non-hydrogen) atoms. The predicted octanol–water partition coefficient (Wildman–Crippen LogP) is 4.25. The van der Waals surface area contributed by atoms with E-state index in [0.29, 0.717) is 5.71 Å². The molecule has 0 unspecified atom stereocenters. The number of hydrogen-bond donors (Lipinski definition) is 0. The molecular formula is C16H12N2O4S. The van der Waals surface area contributed by atoms with Gasteiger partial charge in [0.2, 0.25) is 0 Å². The Kier molecular flexibility index (Phi) is 3.79. The smallest absolute Gasteiger partial charge is 0.318 e. The van der Waals surface area contributed by atoms with Crippen LogP contribution in [0, 0.1) is 10.1 Å². The molecule has 0 saturated carbocycles. The zero-order chi connectivity index (χ0) is 16.6. The van der Waals surface area contributed by atoms with Crippen LogP contribution in [0.25, 0.3) is 20.2 Å². The minimum absolute atomic E-state index is 0.0629. The Hall–Kier alpha value is -2.80. The van der Waals surface area contributed by atoms with Crippen LogP contribution in [0.5, 0.6) is 0 Å². The van der Waals surface area contributed by atoms with Crippen LogP contribution in [0.1, 0.15) is 19.4 Å². The lowest BCUT2D eigenvalue weighted by Crippen LogP contribution is -1.99. The zero-order valence-corrected chi connectivity index (χ0v) is 13.2. The van der Waals surface area contributed by atoms with Gasteiger partial charge in [-0.2, -0.15) is 0 Å². The van der Waals surface area contributed by atoms with Crippen molar-refractivity contribution in [1.82, 2.24) is 0 Å². The molecule has 0 bridgehead atoms. The molecule has 0 aliphatic rings. The Bertz CT molecular complexity index is 975. The lowest BCUT2D eigenvalue weighted by molar-refractivity contribution is -0.384. The first kappa shape index (κ1) is 15.1. The van der Waals surface area contributed by atoms with Gasteiger partial charge in [0.25, 0.3) is 5.69 Å². The van der Waals surface area contributed by atoms with Crippen molar-refractivity contribution in [2.45, 2.75) is 13.8 Å². The van der Waals surface area contributed by atoms with Gasteiger partial charge in [-0.3, -0.25) is 10.1 Å². The second-order valence-corrected chi connectivity index (χ2v) is 6.09. The monoisotopic (exact) mass is 328 g/mol. The molecule has 0 amide bonds. The van der Waals surface area contributed by atoms with Crippen LogP contribution in [0.3, 0.4) is 0 Å². The molecule has 6 nitrogen and oxygen atoms in total. The van der Waals surface area contributed by atoms with Crippen LogP contribution in [-0.2, 0) is 9.63 Å². The van der Waals surface area contributed by atoms with Gasteiger partial charge in [-0.15, -0.1) is 11.3 Å². The summed E-state index contributed by atoms with van der Waals surface area (Å²) in [5, 5.41) is 16.5. The van der Waals surface area contributed by atoms with Gasteiger partial charge in [0.05, 0.1) is 10.6 Å². The van der Waals surface area contributed by atoms with Gasteiger partial charge in [0, 0.05) is 39.2 Å². The number of nitro benzene ring substituents is 1. The molecule has 0 aliphatic heterocycles. The summed E-state index contributed by atoms with van der Waals surface area (Å²) < 4.78 is 2.02. The maximum Gasteiger partial charge on any atom is 0.331 e. The summed E-state index contributed by atoms with van der Waals surface area (Å²) in [5.74, 6) is -0.484. The van der Waals surface area contributed by atoms with Gasteiger partial charge >= 0.3 is 5.97 Å². The summed E-state index contributed by atoms with van der Waals surface area (Å²) in [6, 6.07) is 10.6. The summed E-state index contributed by atoms with van der Waals surface area (Å²) >= 11 is 1.57. The van der Waals surface area contributed by atoms with E-state index in [1.165, 1.54) is 13.0 Å².